The van der Waals surface area contributed by atoms with Gasteiger partial charge in [0.2, 0.25) is 0 Å². The van der Waals surface area contributed by atoms with E-state index in [1.807, 2.05) is 0 Å². The van der Waals surface area contributed by atoms with Crippen molar-refractivity contribution in [2.24, 2.45) is 0 Å². The summed E-state index contributed by atoms with van der Waals surface area (Å²) in [4.78, 5) is 2.74. The topological polar surface area (TPSA) is 12.5 Å². The van der Waals surface area contributed by atoms with Gasteiger partial charge in [-0.3, -0.25) is 4.90 Å². The van der Waals surface area contributed by atoms with Gasteiger partial charge in [0.15, 0.2) is 0 Å². The number of rotatable bonds is 4. The second kappa shape index (κ2) is 8.95. The maximum absolute atomic E-state index is 5.29. The van der Waals surface area contributed by atoms with Crippen LogP contribution in [0.3, 0.4) is 0 Å². The predicted octanol–water partition coefficient (Wildman–Crippen LogP) is 6.07. The Morgan fingerprint density at radius 3 is 2.19 bits per heavy atom. The van der Waals surface area contributed by atoms with Gasteiger partial charge in [0.25, 0.3) is 0 Å². The third-order valence-electron chi connectivity index (χ3n) is 6.27. The minimum atomic E-state index is 0. The highest BCUT2D eigenvalue weighted by atomic mass is 35.5. The highest BCUT2D eigenvalue weighted by Crippen LogP contribution is 2.43. The molecule has 1 saturated carbocycles. The van der Waals surface area contributed by atoms with Crippen LogP contribution in [0.4, 0.5) is 0 Å². The molecule has 2 nitrogen and oxygen atoms in total. The van der Waals surface area contributed by atoms with Gasteiger partial charge < -0.3 is 4.74 Å². The number of nitrogens with zero attached hydrogens (tertiary/aromatic N) is 1. The first kappa shape index (κ1) is 20.0. The lowest BCUT2D eigenvalue weighted by Crippen LogP contribution is -2.49. The van der Waals surface area contributed by atoms with Crippen LogP contribution < -0.4 is 4.74 Å². The second-order valence-corrected chi connectivity index (χ2v) is 7.61. The smallest absolute Gasteiger partial charge is 0.118 e. The van der Waals surface area contributed by atoms with Gasteiger partial charge in [0.1, 0.15) is 5.75 Å². The fourth-order valence-electron chi connectivity index (χ4n) is 4.80. The zero-order valence-electron chi connectivity index (χ0n) is 16.2. The summed E-state index contributed by atoms with van der Waals surface area (Å²) in [6.45, 7) is 2.20. The standard InChI is InChI=1S/C24H29NO.ClH/c1-26-23-12-10-20(11-13-23)21-14-18-25(19-15-21)24(16-6-3-7-17-24)22-8-4-2-5-9-22;/h2,4-5,8-14H,3,6-7,15-19H2,1H3;1H. The van der Waals surface area contributed by atoms with Crippen molar-refractivity contribution < 1.29 is 4.74 Å². The van der Waals surface area contributed by atoms with Crippen LogP contribution in [0, 0.1) is 0 Å². The summed E-state index contributed by atoms with van der Waals surface area (Å²) in [5, 5.41) is 0. The normalized spacial score (nSPS) is 19.7. The van der Waals surface area contributed by atoms with E-state index in [-0.39, 0.29) is 17.9 Å². The van der Waals surface area contributed by atoms with Crippen LogP contribution >= 0.6 is 12.4 Å². The SMILES string of the molecule is COc1ccc(C2=CCN(C3(c4ccccc4)CCCCC3)CC2)cc1.Cl. The molecule has 0 atom stereocenters. The Bertz CT molecular complexity index is 748. The zero-order valence-corrected chi connectivity index (χ0v) is 17.0. The van der Waals surface area contributed by atoms with Crippen molar-refractivity contribution >= 4 is 18.0 Å². The van der Waals surface area contributed by atoms with Crippen LogP contribution in [-0.2, 0) is 5.54 Å². The summed E-state index contributed by atoms with van der Waals surface area (Å²) >= 11 is 0. The van der Waals surface area contributed by atoms with Crippen LogP contribution in [0.15, 0.2) is 60.7 Å². The Labute approximate surface area is 169 Å². The molecule has 27 heavy (non-hydrogen) atoms. The van der Waals surface area contributed by atoms with E-state index in [4.69, 9.17) is 4.74 Å². The molecule has 0 saturated heterocycles. The fraction of sp³-hybridized carbons (Fsp3) is 0.417. The minimum absolute atomic E-state index is 0. The molecular weight excluding hydrogens is 354 g/mol. The maximum atomic E-state index is 5.29. The van der Waals surface area contributed by atoms with Crippen LogP contribution in [0.2, 0.25) is 0 Å². The lowest BCUT2D eigenvalue weighted by atomic mass is 9.74. The molecule has 1 fully saturated rings. The highest BCUT2D eigenvalue weighted by molar-refractivity contribution is 5.85. The summed E-state index contributed by atoms with van der Waals surface area (Å²) < 4.78 is 5.29. The Kier molecular flexibility index (Phi) is 6.62. The summed E-state index contributed by atoms with van der Waals surface area (Å²) in [6.07, 6.45) is 10.2. The zero-order chi connectivity index (χ0) is 17.8. The Hall–Kier alpha value is -1.77. The molecule has 0 amide bonds. The molecule has 0 N–H and O–H groups in total. The van der Waals surface area contributed by atoms with E-state index in [1.54, 1.807) is 7.11 Å². The first-order valence-corrected chi connectivity index (χ1v) is 9.96. The van der Waals surface area contributed by atoms with E-state index in [2.05, 4.69) is 65.6 Å². The molecule has 144 valence electrons. The Morgan fingerprint density at radius 2 is 1.59 bits per heavy atom. The number of methoxy groups -OCH3 is 1. The van der Waals surface area contributed by atoms with Crippen molar-refractivity contribution in [3.05, 3.63) is 71.8 Å². The number of benzene rings is 2. The van der Waals surface area contributed by atoms with E-state index in [9.17, 15) is 0 Å². The van der Waals surface area contributed by atoms with Crippen molar-refractivity contribution in [1.82, 2.24) is 4.90 Å². The van der Waals surface area contributed by atoms with Crippen molar-refractivity contribution in [1.29, 1.82) is 0 Å². The molecule has 1 aliphatic heterocycles. The quantitative estimate of drug-likeness (QED) is 0.635. The second-order valence-electron chi connectivity index (χ2n) is 7.61. The number of hydrogen-bond acceptors (Lipinski definition) is 2. The van der Waals surface area contributed by atoms with Gasteiger partial charge in [-0.1, -0.05) is 67.8 Å². The molecule has 1 heterocycles. The third kappa shape index (κ3) is 4.07. The number of hydrogen-bond donors (Lipinski definition) is 0. The number of halogens is 1. The first-order valence-electron chi connectivity index (χ1n) is 9.96. The van der Waals surface area contributed by atoms with E-state index in [0.717, 1.165) is 25.3 Å². The molecule has 0 unspecified atom stereocenters. The molecular formula is C24H30ClNO. The van der Waals surface area contributed by atoms with Crippen LogP contribution in [0.25, 0.3) is 5.57 Å². The largest absolute Gasteiger partial charge is 0.497 e. The van der Waals surface area contributed by atoms with E-state index >= 15 is 0 Å². The van der Waals surface area contributed by atoms with Crippen LogP contribution in [0.1, 0.15) is 49.7 Å². The molecule has 2 aliphatic rings. The third-order valence-corrected chi connectivity index (χ3v) is 6.27. The van der Waals surface area contributed by atoms with Crippen molar-refractivity contribution in [3.63, 3.8) is 0 Å². The van der Waals surface area contributed by atoms with Crippen molar-refractivity contribution in [2.45, 2.75) is 44.1 Å². The molecule has 0 radical (unpaired) electrons. The molecule has 4 rings (SSSR count). The molecule has 0 bridgehead atoms. The van der Waals surface area contributed by atoms with Crippen LogP contribution in [-0.4, -0.2) is 25.1 Å². The van der Waals surface area contributed by atoms with E-state index in [0.29, 0.717) is 0 Å². The molecule has 2 aromatic rings. The maximum Gasteiger partial charge on any atom is 0.118 e. The van der Waals surface area contributed by atoms with Gasteiger partial charge in [0, 0.05) is 18.6 Å². The number of ether oxygens (including phenoxy) is 1. The van der Waals surface area contributed by atoms with Gasteiger partial charge >= 0.3 is 0 Å². The average molecular weight is 384 g/mol. The molecule has 3 heteroatoms. The van der Waals surface area contributed by atoms with Gasteiger partial charge in [-0.15, -0.1) is 12.4 Å². The fourth-order valence-corrected chi connectivity index (χ4v) is 4.80. The van der Waals surface area contributed by atoms with Gasteiger partial charge in [-0.05, 0) is 48.1 Å². The lowest BCUT2D eigenvalue weighted by Gasteiger charge is -2.48. The Morgan fingerprint density at radius 1 is 0.889 bits per heavy atom. The molecule has 2 aromatic carbocycles. The lowest BCUT2D eigenvalue weighted by molar-refractivity contribution is 0.0569. The summed E-state index contributed by atoms with van der Waals surface area (Å²) in [5.41, 5.74) is 4.56. The van der Waals surface area contributed by atoms with E-state index in [1.165, 1.54) is 48.8 Å². The summed E-state index contributed by atoms with van der Waals surface area (Å²) in [5.74, 6) is 0.928. The van der Waals surface area contributed by atoms with Gasteiger partial charge in [0.05, 0.1) is 7.11 Å². The van der Waals surface area contributed by atoms with Gasteiger partial charge in [-0.25, -0.2) is 0 Å². The van der Waals surface area contributed by atoms with E-state index < -0.39 is 0 Å². The van der Waals surface area contributed by atoms with Gasteiger partial charge in [-0.2, -0.15) is 0 Å². The highest BCUT2D eigenvalue weighted by Gasteiger charge is 2.39. The van der Waals surface area contributed by atoms with Crippen LogP contribution in [0.5, 0.6) is 5.75 Å². The average Bonchev–Trinajstić information content (AvgIpc) is 2.75. The van der Waals surface area contributed by atoms with Crippen molar-refractivity contribution in [3.8, 4) is 5.75 Å². The minimum Gasteiger partial charge on any atom is -0.497 e. The van der Waals surface area contributed by atoms with Crippen molar-refractivity contribution in [2.75, 3.05) is 20.2 Å². The molecule has 0 spiro atoms. The molecule has 1 aliphatic carbocycles. The monoisotopic (exact) mass is 383 g/mol. The molecule has 0 aromatic heterocycles. The first-order chi connectivity index (χ1) is 12.8. The predicted molar refractivity (Wildman–Crippen MR) is 116 cm³/mol. The summed E-state index contributed by atoms with van der Waals surface area (Å²) in [7, 11) is 1.72. The summed E-state index contributed by atoms with van der Waals surface area (Å²) in [6, 6.07) is 19.7. The Balaban J connectivity index is 0.00000210.